The number of hydrogen-bond donors (Lipinski definition) is 0. The fourth-order valence-electron chi connectivity index (χ4n) is 3.51. The third-order valence-corrected chi connectivity index (χ3v) is 5.68. The van der Waals surface area contributed by atoms with E-state index in [4.69, 9.17) is 69.6 Å². The highest BCUT2D eigenvalue weighted by Gasteiger charge is 2.55. The van der Waals surface area contributed by atoms with Crippen molar-refractivity contribution in [2.24, 2.45) is 17.8 Å². The lowest BCUT2D eigenvalue weighted by atomic mass is 9.62. The van der Waals surface area contributed by atoms with Crippen LogP contribution in [0.5, 0.6) is 0 Å². The molecule has 0 saturated heterocycles. The zero-order chi connectivity index (χ0) is 13.6. The molecule has 0 spiro atoms. The summed E-state index contributed by atoms with van der Waals surface area (Å²) in [6.45, 7) is 0. The van der Waals surface area contributed by atoms with E-state index in [1.165, 1.54) is 12.8 Å². The van der Waals surface area contributed by atoms with Crippen LogP contribution in [0.1, 0.15) is 38.5 Å². The van der Waals surface area contributed by atoms with E-state index in [1.54, 1.807) is 0 Å². The molecule has 0 aromatic heterocycles. The van der Waals surface area contributed by atoms with E-state index >= 15 is 0 Å². The zero-order valence-corrected chi connectivity index (χ0v) is 14.3. The molecular weight excluding hydrogens is 357 g/mol. The molecule has 0 nitrogen and oxygen atoms in total. The number of fused-ring (bicyclic) bond motifs is 1. The van der Waals surface area contributed by atoms with Gasteiger partial charge in [0.25, 0.3) is 0 Å². The van der Waals surface area contributed by atoms with Crippen molar-refractivity contribution in [3.63, 3.8) is 0 Å². The van der Waals surface area contributed by atoms with Gasteiger partial charge in [0, 0.05) is 11.8 Å². The second-order valence-corrected chi connectivity index (χ2v) is 9.93. The maximum absolute atomic E-state index is 6.15. The van der Waals surface area contributed by atoms with Gasteiger partial charge in [-0.2, -0.15) is 0 Å². The monoisotopic (exact) mass is 369 g/mol. The Hall–Kier alpha value is 1.74. The van der Waals surface area contributed by atoms with Crippen LogP contribution in [0.3, 0.4) is 0 Å². The molecule has 3 unspecified atom stereocenters. The SMILES string of the molecule is ClC(Cl)(Cl)[C]1C2CCCCC2CCC1C(Cl)(Cl)Cl. The van der Waals surface area contributed by atoms with E-state index in [2.05, 4.69) is 0 Å². The number of hydrogen-bond acceptors (Lipinski definition) is 0. The molecule has 0 aromatic rings. The summed E-state index contributed by atoms with van der Waals surface area (Å²) in [5.74, 6) is 1.45. The normalized spacial score (nSPS) is 35.3. The highest BCUT2D eigenvalue weighted by Crippen LogP contribution is 2.60. The lowest BCUT2D eigenvalue weighted by Crippen LogP contribution is -2.45. The lowest BCUT2D eigenvalue weighted by molar-refractivity contribution is 0.155. The van der Waals surface area contributed by atoms with Gasteiger partial charge in [-0.05, 0) is 31.1 Å². The number of alkyl halides is 6. The fourth-order valence-corrected chi connectivity index (χ4v) is 5.00. The lowest BCUT2D eigenvalue weighted by Gasteiger charge is -2.49. The summed E-state index contributed by atoms with van der Waals surface area (Å²) < 4.78 is -2.82. The number of halogens is 6. The first-order chi connectivity index (χ1) is 8.21. The summed E-state index contributed by atoms with van der Waals surface area (Å²) in [6, 6.07) is 0. The summed E-state index contributed by atoms with van der Waals surface area (Å²) in [5, 5.41) is 0. The van der Waals surface area contributed by atoms with Crippen molar-refractivity contribution in [3.8, 4) is 0 Å². The van der Waals surface area contributed by atoms with E-state index in [0.717, 1.165) is 31.6 Å². The minimum Gasteiger partial charge on any atom is -0.0833 e. The fraction of sp³-hybridized carbons (Fsp3) is 0.917. The van der Waals surface area contributed by atoms with Gasteiger partial charge >= 0.3 is 0 Å². The molecule has 2 saturated carbocycles. The van der Waals surface area contributed by atoms with Crippen LogP contribution >= 0.6 is 69.6 Å². The molecular formula is C12H15Cl6. The predicted octanol–water partition coefficient (Wildman–Crippen LogP) is 6.52. The molecule has 0 heterocycles. The minimum atomic E-state index is -1.44. The Balaban J connectivity index is 2.28. The van der Waals surface area contributed by atoms with Gasteiger partial charge in [-0.3, -0.25) is 0 Å². The first-order valence-corrected chi connectivity index (χ1v) is 8.48. The molecule has 2 fully saturated rings. The Morgan fingerprint density at radius 1 is 0.778 bits per heavy atom. The standard InChI is InChI=1S/C12H15Cl6/c13-11(14,15)9-6-5-7-3-1-2-4-8(7)10(9)12(16,17)18/h7-9H,1-6H2. The van der Waals surface area contributed by atoms with Gasteiger partial charge in [-0.25, -0.2) is 0 Å². The topological polar surface area (TPSA) is 0 Å². The maximum Gasteiger partial charge on any atom is 0.197 e. The van der Waals surface area contributed by atoms with Crippen LogP contribution in [0.15, 0.2) is 0 Å². The second-order valence-electron chi connectivity index (χ2n) is 5.28. The molecule has 6 heteroatoms. The maximum atomic E-state index is 6.15. The second kappa shape index (κ2) is 5.85. The van der Waals surface area contributed by atoms with Gasteiger partial charge in [0.1, 0.15) is 0 Å². The molecule has 18 heavy (non-hydrogen) atoms. The highest BCUT2D eigenvalue weighted by atomic mass is 35.6. The van der Waals surface area contributed by atoms with Gasteiger partial charge < -0.3 is 0 Å². The van der Waals surface area contributed by atoms with Crippen molar-refractivity contribution < 1.29 is 0 Å². The molecule has 0 N–H and O–H groups in total. The van der Waals surface area contributed by atoms with Crippen LogP contribution in [-0.2, 0) is 0 Å². The minimum absolute atomic E-state index is 0.255. The van der Waals surface area contributed by atoms with E-state index in [9.17, 15) is 0 Å². The largest absolute Gasteiger partial charge is 0.197 e. The van der Waals surface area contributed by atoms with Gasteiger partial charge in [0.15, 0.2) is 7.59 Å². The highest BCUT2D eigenvalue weighted by molar-refractivity contribution is 6.70. The van der Waals surface area contributed by atoms with Crippen LogP contribution in [0.2, 0.25) is 0 Å². The van der Waals surface area contributed by atoms with Crippen molar-refractivity contribution in [3.05, 3.63) is 5.92 Å². The molecule has 2 aliphatic carbocycles. The zero-order valence-electron chi connectivity index (χ0n) is 9.74. The van der Waals surface area contributed by atoms with Crippen molar-refractivity contribution >= 4 is 69.6 Å². The Bertz CT molecular complexity index is 292. The average Bonchev–Trinajstić information content (AvgIpc) is 2.24. The van der Waals surface area contributed by atoms with Crippen LogP contribution in [0.25, 0.3) is 0 Å². The molecule has 2 rings (SSSR count). The molecule has 105 valence electrons. The Morgan fingerprint density at radius 3 is 1.94 bits per heavy atom. The summed E-state index contributed by atoms with van der Waals surface area (Å²) in [7, 11) is 0. The average molecular weight is 372 g/mol. The Morgan fingerprint density at radius 2 is 1.39 bits per heavy atom. The van der Waals surface area contributed by atoms with Crippen LogP contribution in [0, 0.1) is 23.7 Å². The molecule has 1 radical (unpaired) electrons. The van der Waals surface area contributed by atoms with Crippen LogP contribution in [-0.4, -0.2) is 7.59 Å². The quantitative estimate of drug-likeness (QED) is 0.425. The summed E-state index contributed by atoms with van der Waals surface area (Å²) in [6.07, 6.45) is 6.52. The van der Waals surface area contributed by atoms with Gasteiger partial charge in [0.2, 0.25) is 0 Å². The van der Waals surface area contributed by atoms with E-state index in [-0.39, 0.29) is 5.92 Å². The van der Waals surface area contributed by atoms with Gasteiger partial charge in [-0.15, -0.1) is 0 Å². The van der Waals surface area contributed by atoms with E-state index in [0.29, 0.717) is 11.8 Å². The third-order valence-electron chi connectivity index (χ3n) is 4.23. The van der Waals surface area contributed by atoms with Crippen molar-refractivity contribution in [2.75, 3.05) is 0 Å². The van der Waals surface area contributed by atoms with Crippen molar-refractivity contribution in [2.45, 2.75) is 46.1 Å². The van der Waals surface area contributed by atoms with Gasteiger partial charge in [0.05, 0.1) is 0 Å². The first-order valence-electron chi connectivity index (χ1n) is 6.22. The summed E-state index contributed by atoms with van der Waals surface area (Å²) >= 11 is 36.7. The first kappa shape index (κ1) is 16.1. The predicted molar refractivity (Wildman–Crippen MR) is 82.0 cm³/mol. The van der Waals surface area contributed by atoms with Crippen LogP contribution in [0.4, 0.5) is 0 Å². The molecule has 0 bridgehead atoms. The van der Waals surface area contributed by atoms with E-state index in [1.807, 2.05) is 0 Å². The Kier molecular flexibility index (Phi) is 5.24. The number of rotatable bonds is 0. The van der Waals surface area contributed by atoms with Gasteiger partial charge in [-0.1, -0.05) is 88.9 Å². The molecule has 0 amide bonds. The van der Waals surface area contributed by atoms with Crippen molar-refractivity contribution in [1.29, 1.82) is 0 Å². The summed E-state index contributed by atoms with van der Waals surface area (Å²) in [5.41, 5.74) is 0. The van der Waals surface area contributed by atoms with Crippen molar-refractivity contribution in [1.82, 2.24) is 0 Å². The smallest absolute Gasteiger partial charge is 0.0833 e. The molecule has 3 atom stereocenters. The Labute approximate surface area is 139 Å². The van der Waals surface area contributed by atoms with E-state index < -0.39 is 7.59 Å². The summed E-state index contributed by atoms with van der Waals surface area (Å²) in [4.78, 5) is 0. The third kappa shape index (κ3) is 3.49. The molecule has 0 aromatic carbocycles. The molecule has 0 aliphatic heterocycles. The van der Waals surface area contributed by atoms with Crippen LogP contribution < -0.4 is 0 Å². The molecule has 2 aliphatic rings.